The fraction of sp³-hybridized carbons (Fsp3) is 0.444. The summed E-state index contributed by atoms with van der Waals surface area (Å²) in [7, 11) is 1.81. The number of aromatic nitrogens is 2. The molecule has 2 rings (SSSR count). The lowest BCUT2D eigenvalue weighted by Gasteiger charge is -2.18. The number of carbonyl (C=O) groups is 1. The van der Waals surface area contributed by atoms with E-state index in [4.69, 9.17) is 5.73 Å². The second-order valence-corrected chi connectivity index (χ2v) is 6.00. The number of likely N-dealkylation sites (N-methyl/N-ethyl adjacent to an activating group) is 1. The first-order chi connectivity index (χ1) is 11.1. The molecule has 5 nitrogen and oxygen atoms in total. The smallest absolute Gasteiger partial charge is 0.238 e. The van der Waals surface area contributed by atoms with Crippen molar-refractivity contribution in [3.63, 3.8) is 0 Å². The molecule has 0 aliphatic rings. The lowest BCUT2D eigenvalue weighted by atomic mass is 10.1. The number of benzene rings is 1. The number of rotatable bonds is 8. The Hall–Kier alpha value is -2.14. The Labute approximate surface area is 137 Å². The fourth-order valence-corrected chi connectivity index (χ4v) is 2.55. The van der Waals surface area contributed by atoms with Gasteiger partial charge in [0, 0.05) is 24.8 Å². The third-order valence-electron chi connectivity index (χ3n) is 3.91. The topological polar surface area (TPSA) is 75.0 Å². The fourth-order valence-electron chi connectivity index (χ4n) is 2.55. The predicted octanol–water partition coefficient (Wildman–Crippen LogP) is 2.60. The zero-order valence-corrected chi connectivity index (χ0v) is 14.0. The van der Waals surface area contributed by atoms with E-state index in [-0.39, 0.29) is 5.91 Å². The Balaban J connectivity index is 1.69. The number of aryl methyl sites for hydroxylation is 1. The van der Waals surface area contributed by atoms with Gasteiger partial charge in [0.15, 0.2) is 0 Å². The number of amides is 1. The normalized spacial score (nSPS) is 12.1. The van der Waals surface area contributed by atoms with Gasteiger partial charge in [-0.25, -0.2) is 0 Å². The molecule has 2 aromatic rings. The average molecular weight is 314 g/mol. The van der Waals surface area contributed by atoms with Crippen LogP contribution in [0.1, 0.15) is 31.9 Å². The van der Waals surface area contributed by atoms with E-state index >= 15 is 0 Å². The molecule has 0 bridgehead atoms. The van der Waals surface area contributed by atoms with Crippen molar-refractivity contribution < 1.29 is 4.79 Å². The van der Waals surface area contributed by atoms with E-state index in [0.29, 0.717) is 0 Å². The van der Waals surface area contributed by atoms with E-state index in [1.165, 1.54) is 0 Å². The van der Waals surface area contributed by atoms with Crippen molar-refractivity contribution in [1.82, 2.24) is 15.1 Å². The molecular formula is C18H26N4O. The van der Waals surface area contributed by atoms with Gasteiger partial charge in [0.1, 0.15) is 0 Å². The van der Waals surface area contributed by atoms with Crippen LogP contribution in [0.2, 0.25) is 0 Å². The predicted molar refractivity (Wildman–Crippen MR) is 92.9 cm³/mol. The SMILES string of the molecule is CC(N)C(=O)N(C)CCCCCc1cc(-c2ccccc2)n[nH]1. The van der Waals surface area contributed by atoms with Gasteiger partial charge in [-0.3, -0.25) is 9.89 Å². The number of hydrogen-bond donors (Lipinski definition) is 2. The number of nitrogens with one attached hydrogen (secondary N) is 1. The summed E-state index contributed by atoms with van der Waals surface area (Å²) in [6, 6.07) is 11.9. The zero-order chi connectivity index (χ0) is 16.7. The first kappa shape index (κ1) is 17.2. The van der Waals surface area contributed by atoms with Crippen molar-refractivity contribution in [3.05, 3.63) is 42.1 Å². The first-order valence-electron chi connectivity index (χ1n) is 8.18. The van der Waals surface area contributed by atoms with Crippen LogP contribution in [-0.2, 0) is 11.2 Å². The molecule has 0 aliphatic carbocycles. The van der Waals surface area contributed by atoms with Crippen LogP contribution in [0.25, 0.3) is 11.3 Å². The lowest BCUT2D eigenvalue weighted by Crippen LogP contribution is -2.40. The molecule has 3 N–H and O–H groups in total. The highest BCUT2D eigenvalue weighted by atomic mass is 16.2. The summed E-state index contributed by atoms with van der Waals surface area (Å²) in [5.41, 5.74) is 8.87. The Kier molecular flexibility index (Phi) is 6.35. The molecule has 1 unspecified atom stereocenters. The van der Waals surface area contributed by atoms with Gasteiger partial charge in [-0.05, 0) is 32.3 Å². The summed E-state index contributed by atoms with van der Waals surface area (Å²) in [4.78, 5) is 13.4. The highest BCUT2D eigenvalue weighted by molar-refractivity contribution is 5.80. The highest BCUT2D eigenvalue weighted by Crippen LogP contribution is 2.17. The Morgan fingerprint density at radius 1 is 1.26 bits per heavy atom. The summed E-state index contributed by atoms with van der Waals surface area (Å²) >= 11 is 0. The van der Waals surface area contributed by atoms with Crippen LogP contribution in [-0.4, -0.2) is 40.6 Å². The van der Waals surface area contributed by atoms with Gasteiger partial charge in [0.05, 0.1) is 11.7 Å². The monoisotopic (exact) mass is 314 g/mol. The van der Waals surface area contributed by atoms with Gasteiger partial charge in [-0.15, -0.1) is 0 Å². The van der Waals surface area contributed by atoms with E-state index in [0.717, 1.165) is 49.2 Å². The summed E-state index contributed by atoms with van der Waals surface area (Å²) in [5.74, 6) is 0.00562. The lowest BCUT2D eigenvalue weighted by molar-refractivity contribution is -0.130. The van der Waals surface area contributed by atoms with Gasteiger partial charge < -0.3 is 10.6 Å². The third kappa shape index (κ3) is 5.21. The molecule has 1 heterocycles. The molecule has 0 radical (unpaired) electrons. The van der Waals surface area contributed by atoms with Crippen molar-refractivity contribution in [1.29, 1.82) is 0 Å². The highest BCUT2D eigenvalue weighted by Gasteiger charge is 2.12. The number of nitrogens with zero attached hydrogens (tertiary/aromatic N) is 2. The van der Waals surface area contributed by atoms with Crippen LogP contribution in [0.5, 0.6) is 0 Å². The molecule has 0 saturated carbocycles. The summed E-state index contributed by atoms with van der Waals surface area (Å²) in [6.45, 7) is 2.49. The van der Waals surface area contributed by atoms with Crippen LogP contribution in [0.4, 0.5) is 0 Å². The quantitative estimate of drug-likeness (QED) is 0.735. The third-order valence-corrected chi connectivity index (χ3v) is 3.91. The molecule has 0 saturated heterocycles. The molecule has 1 aromatic carbocycles. The molecule has 124 valence electrons. The van der Waals surface area contributed by atoms with E-state index < -0.39 is 6.04 Å². The molecule has 0 aliphatic heterocycles. The number of aromatic amines is 1. The summed E-state index contributed by atoms with van der Waals surface area (Å²) in [5, 5.41) is 7.47. The van der Waals surface area contributed by atoms with Crippen molar-refractivity contribution in [2.24, 2.45) is 5.73 Å². The van der Waals surface area contributed by atoms with Crippen LogP contribution in [0.15, 0.2) is 36.4 Å². The maximum absolute atomic E-state index is 11.7. The van der Waals surface area contributed by atoms with Crippen LogP contribution in [0.3, 0.4) is 0 Å². The number of unbranched alkanes of at least 4 members (excludes halogenated alkanes) is 2. The van der Waals surface area contributed by atoms with E-state index in [9.17, 15) is 4.79 Å². The van der Waals surface area contributed by atoms with Crippen LogP contribution in [0, 0.1) is 0 Å². The van der Waals surface area contributed by atoms with Crippen molar-refractivity contribution in [2.45, 2.75) is 38.6 Å². The molecule has 5 heteroatoms. The standard InChI is InChI=1S/C18H26N4O/c1-14(19)18(23)22(2)12-8-4-7-11-16-13-17(21-20-16)15-9-5-3-6-10-15/h3,5-6,9-10,13-14H,4,7-8,11-12,19H2,1-2H3,(H,20,21). The number of hydrogen-bond acceptors (Lipinski definition) is 3. The molecule has 1 atom stereocenters. The number of nitrogens with two attached hydrogens (primary N) is 1. The zero-order valence-electron chi connectivity index (χ0n) is 14.0. The largest absolute Gasteiger partial charge is 0.344 e. The minimum Gasteiger partial charge on any atom is -0.344 e. The molecule has 23 heavy (non-hydrogen) atoms. The number of carbonyl (C=O) groups excluding carboxylic acids is 1. The van der Waals surface area contributed by atoms with Gasteiger partial charge in [0.25, 0.3) is 0 Å². The molecule has 1 amide bonds. The maximum atomic E-state index is 11.7. The van der Waals surface area contributed by atoms with E-state index in [1.54, 1.807) is 11.8 Å². The van der Waals surface area contributed by atoms with Gasteiger partial charge in [-0.1, -0.05) is 36.8 Å². The summed E-state index contributed by atoms with van der Waals surface area (Å²) in [6.07, 6.45) is 4.13. The second kappa shape index (κ2) is 8.48. The van der Waals surface area contributed by atoms with Crippen LogP contribution < -0.4 is 5.73 Å². The Morgan fingerprint density at radius 2 is 2.00 bits per heavy atom. The number of H-pyrrole nitrogens is 1. The van der Waals surface area contributed by atoms with Crippen LogP contribution >= 0.6 is 0 Å². The van der Waals surface area contributed by atoms with Crippen molar-refractivity contribution in [2.75, 3.05) is 13.6 Å². The Bertz CT molecular complexity index is 606. The van der Waals surface area contributed by atoms with E-state index in [1.807, 2.05) is 25.2 Å². The van der Waals surface area contributed by atoms with E-state index in [2.05, 4.69) is 28.4 Å². The maximum Gasteiger partial charge on any atom is 0.238 e. The molecular weight excluding hydrogens is 288 g/mol. The molecule has 1 aromatic heterocycles. The minimum atomic E-state index is -0.415. The summed E-state index contributed by atoms with van der Waals surface area (Å²) < 4.78 is 0. The van der Waals surface area contributed by atoms with Crippen molar-refractivity contribution in [3.8, 4) is 11.3 Å². The average Bonchev–Trinajstić information content (AvgIpc) is 3.03. The first-order valence-corrected chi connectivity index (χ1v) is 8.18. The molecule has 0 spiro atoms. The van der Waals surface area contributed by atoms with Gasteiger partial charge in [-0.2, -0.15) is 5.10 Å². The van der Waals surface area contributed by atoms with Gasteiger partial charge >= 0.3 is 0 Å². The molecule has 0 fully saturated rings. The van der Waals surface area contributed by atoms with Gasteiger partial charge in [0.2, 0.25) is 5.91 Å². The Morgan fingerprint density at radius 3 is 2.70 bits per heavy atom. The van der Waals surface area contributed by atoms with Crippen molar-refractivity contribution >= 4 is 5.91 Å². The minimum absolute atomic E-state index is 0.00562. The second-order valence-electron chi connectivity index (χ2n) is 6.00.